The van der Waals surface area contributed by atoms with Crippen LogP contribution in [0.3, 0.4) is 0 Å². The second kappa shape index (κ2) is 4.34. The van der Waals surface area contributed by atoms with E-state index in [9.17, 15) is 0 Å². The van der Waals surface area contributed by atoms with Crippen LogP contribution in [-0.4, -0.2) is 5.84 Å². The standard InChI is InChI=1S/C10H12N2/c1-9(11)12-8-7-10-5-3-2-4-6-10/h2-8H,1H3,(H2,11,12). The highest BCUT2D eigenvalue weighted by molar-refractivity contribution is 5.77. The van der Waals surface area contributed by atoms with Gasteiger partial charge in [0.2, 0.25) is 0 Å². The van der Waals surface area contributed by atoms with Crippen molar-refractivity contribution in [1.82, 2.24) is 5.32 Å². The normalized spacial score (nSPS) is 10.1. The Kier molecular flexibility index (Phi) is 3.08. The molecule has 0 fully saturated rings. The van der Waals surface area contributed by atoms with E-state index in [0.29, 0.717) is 5.84 Å². The molecule has 0 aromatic heterocycles. The molecule has 1 aromatic carbocycles. The van der Waals surface area contributed by atoms with Gasteiger partial charge in [-0.25, -0.2) is 0 Å². The smallest absolute Gasteiger partial charge is 0.0939 e. The third-order valence-corrected chi connectivity index (χ3v) is 1.38. The fourth-order valence-corrected chi connectivity index (χ4v) is 0.827. The maximum Gasteiger partial charge on any atom is 0.0939 e. The number of nitrogens with one attached hydrogen (secondary N) is 2. The number of rotatable bonds is 2. The summed E-state index contributed by atoms with van der Waals surface area (Å²) in [6, 6.07) is 9.97. The highest BCUT2D eigenvalue weighted by atomic mass is 14.9. The zero-order chi connectivity index (χ0) is 8.81. The molecule has 0 amide bonds. The summed E-state index contributed by atoms with van der Waals surface area (Å²) < 4.78 is 0. The number of amidine groups is 1. The fourth-order valence-electron chi connectivity index (χ4n) is 0.827. The first-order valence-electron chi connectivity index (χ1n) is 3.82. The minimum Gasteiger partial charge on any atom is -0.351 e. The minimum atomic E-state index is 0.446. The van der Waals surface area contributed by atoms with Gasteiger partial charge in [0.05, 0.1) is 5.84 Å². The van der Waals surface area contributed by atoms with Gasteiger partial charge in [-0.05, 0) is 18.6 Å². The van der Waals surface area contributed by atoms with Crippen LogP contribution in [0.4, 0.5) is 0 Å². The van der Waals surface area contributed by atoms with Gasteiger partial charge in [0, 0.05) is 6.20 Å². The summed E-state index contributed by atoms with van der Waals surface area (Å²) in [6.07, 6.45) is 3.69. The topological polar surface area (TPSA) is 35.9 Å². The molecule has 1 rings (SSSR count). The highest BCUT2D eigenvalue weighted by Crippen LogP contribution is 1.99. The van der Waals surface area contributed by atoms with Crippen molar-refractivity contribution in [1.29, 1.82) is 5.41 Å². The van der Waals surface area contributed by atoms with E-state index < -0.39 is 0 Å². The molecule has 1 aromatic rings. The number of hydrogen-bond acceptors (Lipinski definition) is 1. The van der Waals surface area contributed by atoms with Crippen LogP contribution in [0.25, 0.3) is 6.08 Å². The first-order valence-corrected chi connectivity index (χ1v) is 3.82. The Morgan fingerprint density at radius 3 is 2.58 bits per heavy atom. The molecule has 2 nitrogen and oxygen atoms in total. The van der Waals surface area contributed by atoms with Crippen molar-refractivity contribution in [3.8, 4) is 0 Å². The third kappa shape index (κ3) is 3.01. The summed E-state index contributed by atoms with van der Waals surface area (Å²) in [6.45, 7) is 1.70. The lowest BCUT2D eigenvalue weighted by atomic mass is 10.2. The molecule has 0 radical (unpaired) electrons. The molecule has 0 unspecified atom stereocenters. The van der Waals surface area contributed by atoms with Crippen molar-refractivity contribution in [2.45, 2.75) is 6.92 Å². The molecular formula is C10H12N2. The lowest BCUT2D eigenvalue weighted by molar-refractivity contribution is 1.22. The fraction of sp³-hybridized carbons (Fsp3) is 0.100. The van der Waals surface area contributed by atoms with E-state index in [-0.39, 0.29) is 0 Å². The summed E-state index contributed by atoms with van der Waals surface area (Å²) in [5.74, 6) is 0.446. The summed E-state index contributed by atoms with van der Waals surface area (Å²) in [5.41, 5.74) is 1.13. The zero-order valence-electron chi connectivity index (χ0n) is 7.04. The Hall–Kier alpha value is -1.57. The van der Waals surface area contributed by atoms with Crippen molar-refractivity contribution in [2.24, 2.45) is 0 Å². The molecule has 2 heteroatoms. The maximum absolute atomic E-state index is 7.10. The number of benzene rings is 1. The molecule has 0 saturated carbocycles. The lowest BCUT2D eigenvalue weighted by Crippen LogP contribution is -2.10. The molecule has 0 spiro atoms. The Labute approximate surface area is 72.4 Å². The third-order valence-electron chi connectivity index (χ3n) is 1.38. The van der Waals surface area contributed by atoms with E-state index in [0.717, 1.165) is 5.56 Å². The zero-order valence-corrected chi connectivity index (χ0v) is 7.04. The molecule has 62 valence electrons. The first kappa shape index (κ1) is 8.53. The van der Waals surface area contributed by atoms with E-state index in [1.54, 1.807) is 13.1 Å². The van der Waals surface area contributed by atoms with Gasteiger partial charge in [-0.1, -0.05) is 30.3 Å². The molecule has 0 atom stereocenters. The minimum absolute atomic E-state index is 0.446. The molecule has 0 aliphatic carbocycles. The first-order chi connectivity index (χ1) is 5.79. The predicted molar refractivity (Wildman–Crippen MR) is 52.0 cm³/mol. The van der Waals surface area contributed by atoms with Crippen LogP contribution < -0.4 is 5.32 Å². The summed E-state index contributed by atoms with van der Waals surface area (Å²) in [5, 5.41) is 9.89. The Balaban J connectivity index is 2.52. The maximum atomic E-state index is 7.10. The van der Waals surface area contributed by atoms with Crippen molar-refractivity contribution >= 4 is 11.9 Å². The predicted octanol–water partition coefficient (Wildman–Crippen LogP) is 2.24. The van der Waals surface area contributed by atoms with E-state index in [2.05, 4.69) is 5.32 Å². The van der Waals surface area contributed by atoms with Crippen LogP contribution in [-0.2, 0) is 0 Å². The van der Waals surface area contributed by atoms with E-state index >= 15 is 0 Å². The second-order valence-corrected chi connectivity index (χ2v) is 2.51. The van der Waals surface area contributed by atoms with Gasteiger partial charge in [-0.2, -0.15) is 0 Å². The average molecular weight is 160 g/mol. The van der Waals surface area contributed by atoms with E-state index in [4.69, 9.17) is 5.41 Å². The van der Waals surface area contributed by atoms with E-state index in [1.807, 2.05) is 36.4 Å². The molecule has 12 heavy (non-hydrogen) atoms. The second-order valence-electron chi connectivity index (χ2n) is 2.51. The van der Waals surface area contributed by atoms with Gasteiger partial charge in [-0.15, -0.1) is 0 Å². The van der Waals surface area contributed by atoms with E-state index in [1.165, 1.54) is 0 Å². The SMILES string of the molecule is CC(=N)NC=Cc1ccccc1. The summed E-state index contributed by atoms with van der Waals surface area (Å²) in [4.78, 5) is 0. The lowest BCUT2D eigenvalue weighted by Gasteiger charge is -1.94. The van der Waals surface area contributed by atoms with Gasteiger partial charge in [-0.3, -0.25) is 5.41 Å². The van der Waals surface area contributed by atoms with Gasteiger partial charge >= 0.3 is 0 Å². The molecule has 0 aliphatic rings. The van der Waals surface area contributed by atoms with Crippen molar-refractivity contribution < 1.29 is 0 Å². The van der Waals surface area contributed by atoms with Crippen LogP contribution in [0.2, 0.25) is 0 Å². The molecule has 0 bridgehead atoms. The van der Waals surface area contributed by atoms with Crippen LogP contribution in [0.1, 0.15) is 12.5 Å². The molecular weight excluding hydrogens is 148 g/mol. The number of hydrogen-bond donors (Lipinski definition) is 2. The summed E-state index contributed by atoms with van der Waals surface area (Å²) >= 11 is 0. The van der Waals surface area contributed by atoms with Crippen LogP contribution >= 0.6 is 0 Å². The van der Waals surface area contributed by atoms with Crippen molar-refractivity contribution in [3.63, 3.8) is 0 Å². The molecule has 0 heterocycles. The van der Waals surface area contributed by atoms with Gasteiger partial charge < -0.3 is 5.32 Å². The van der Waals surface area contributed by atoms with Crippen molar-refractivity contribution in [2.75, 3.05) is 0 Å². The Morgan fingerprint density at radius 2 is 2.00 bits per heavy atom. The molecule has 0 saturated heterocycles. The quantitative estimate of drug-likeness (QED) is 0.505. The Morgan fingerprint density at radius 1 is 1.33 bits per heavy atom. The van der Waals surface area contributed by atoms with Crippen LogP contribution in [0.5, 0.6) is 0 Å². The molecule has 2 N–H and O–H groups in total. The largest absolute Gasteiger partial charge is 0.351 e. The van der Waals surface area contributed by atoms with Gasteiger partial charge in [0.15, 0.2) is 0 Å². The summed E-state index contributed by atoms with van der Waals surface area (Å²) in [7, 11) is 0. The highest BCUT2D eigenvalue weighted by Gasteiger charge is 1.81. The average Bonchev–Trinajstić information content (AvgIpc) is 2.05. The Bertz CT molecular complexity index is 275. The molecule has 0 aliphatic heterocycles. The van der Waals surface area contributed by atoms with Gasteiger partial charge in [0.25, 0.3) is 0 Å². The monoisotopic (exact) mass is 160 g/mol. The van der Waals surface area contributed by atoms with Crippen LogP contribution in [0.15, 0.2) is 36.5 Å². The van der Waals surface area contributed by atoms with Gasteiger partial charge in [0.1, 0.15) is 0 Å². The van der Waals surface area contributed by atoms with Crippen molar-refractivity contribution in [3.05, 3.63) is 42.1 Å². The van der Waals surface area contributed by atoms with Crippen LogP contribution in [0, 0.1) is 5.41 Å².